The summed E-state index contributed by atoms with van der Waals surface area (Å²) in [7, 11) is 0. The molecule has 3 rings (SSSR count). The number of benzene rings is 2. The normalized spacial score (nSPS) is 12.2. The molecule has 2 amide bonds. The lowest BCUT2D eigenvalue weighted by Gasteiger charge is -2.21. The van der Waals surface area contributed by atoms with Gasteiger partial charge in [0.25, 0.3) is 0 Å². The first-order valence-electron chi connectivity index (χ1n) is 6.91. The molecule has 0 saturated carbocycles. The Morgan fingerprint density at radius 3 is 1.42 bits per heavy atom. The molecule has 2 aromatic carbocycles. The highest BCUT2D eigenvalue weighted by Gasteiger charge is 2.21. The zero-order valence-corrected chi connectivity index (χ0v) is 15.8. The average molecular weight is 399 g/mol. The Labute approximate surface area is 157 Å². The third-order valence-electron chi connectivity index (χ3n) is 3.13. The maximum absolute atomic E-state index is 11.3. The largest absolute Gasteiger partial charge is 0.325 e. The number of anilines is 2. The minimum absolute atomic E-state index is 0.172. The van der Waals surface area contributed by atoms with Crippen LogP contribution in [-0.4, -0.2) is 11.8 Å². The van der Waals surface area contributed by atoms with Crippen molar-refractivity contribution in [2.24, 2.45) is 0 Å². The van der Waals surface area contributed by atoms with Gasteiger partial charge in [-0.25, -0.2) is 0 Å². The first-order chi connectivity index (χ1) is 11.3. The van der Waals surface area contributed by atoms with Crippen LogP contribution in [0.25, 0.3) is 0 Å². The zero-order chi connectivity index (χ0) is 17.4. The van der Waals surface area contributed by atoms with Crippen LogP contribution in [0.15, 0.2) is 43.8 Å². The van der Waals surface area contributed by atoms with Crippen molar-refractivity contribution < 1.29 is 9.59 Å². The van der Waals surface area contributed by atoms with Crippen LogP contribution >= 0.6 is 46.7 Å². The molecule has 0 atom stereocenters. The number of rotatable bonds is 2. The highest BCUT2D eigenvalue weighted by molar-refractivity contribution is 8.05. The third-order valence-corrected chi connectivity index (χ3v) is 6.24. The molecule has 0 unspecified atom stereocenters. The summed E-state index contributed by atoms with van der Waals surface area (Å²) in [5.41, 5.74) is 1.17. The fraction of sp³-hybridized carbons (Fsp3) is 0.125. The summed E-state index contributed by atoms with van der Waals surface area (Å²) < 4.78 is 0. The van der Waals surface area contributed by atoms with Gasteiger partial charge in [-0.1, -0.05) is 46.7 Å². The Hall–Kier alpha value is -1.34. The molecule has 1 heterocycles. The van der Waals surface area contributed by atoms with E-state index in [-0.39, 0.29) is 11.8 Å². The molecule has 0 spiro atoms. The van der Waals surface area contributed by atoms with Crippen LogP contribution in [0.4, 0.5) is 11.4 Å². The summed E-state index contributed by atoms with van der Waals surface area (Å²) in [6.07, 6.45) is 0. The number of amides is 2. The van der Waals surface area contributed by atoms with E-state index in [0.717, 1.165) is 19.6 Å². The van der Waals surface area contributed by atoms with E-state index in [9.17, 15) is 9.59 Å². The maximum Gasteiger partial charge on any atom is 0.221 e. The second-order valence-corrected chi connectivity index (χ2v) is 8.11. The van der Waals surface area contributed by atoms with Crippen molar-refractivity contribution in [2.75, 3.05) is 10.6 Å². The summed E-state index contributed by atoms with van der Waals surface area (Å²) in [4.78, 5) is 26.5. The van der Waals surface area contributed by atoms with E-state index >= 15 is 0 Å². The van der Waals surface area contributed by atoms with Crippen molar-refractivity contribution in [3.8, 4) is 0 Å². The summed E-state index contributed by atoms with van der Waals surface area (Å²) in [6, 6.07) is 7.37. The Bertz CT molecular complexity index is 800. The number of hydrogen-bond acceptors (Lipinski definition) is 4. The van der Waals surface area contributed by atoms with Gasteiger partial charge in [0, 0.05) is 33.4 Å². The predicted molar refractivity (Wildman–Crippen MR) is 99.8 cm³/mol. The van der Waals surface area contributed by atoms with Crippen LogP contribution in [-0.2, 0) is 9.59 Å². The van der Waals surface area contributed by atoms with Gasteiger partial charge in [-0.3, -0.25) is 9.59 Å². The number of halogens is 2. The number of fused-ring (bicyclic) bond motifs is 2. The number of carbonyl (C=O) groups excluding carboxylic acids is 2. The third kappa shape index (κ3) is 3.67. The molecule has 0 bridgehead atoms. The van der Waals surface area contributed by atoms with Crippen LogP contribution < -0.4 is 10.6 Å². The first-order valence-corrected chi connectivity index (χ1v) is 9.30. The molecule has 8 heteroatoms. The van der Waals surface area contributed by atoms with Crippen molar-refractivity contribution in [3.63, 3.8) is 0 Å². The molecule has 2 N–H and O–H groups in total. The highest BCUT2D eigenvalue weighted by atomic mass is 35.5. The molecule has 2 aromatic rings. The van der Waals surface area contributed by atoms with Crippen LogP contribution in [0, 0.1) is 0 Å². The van der Waals surface area contributed by atoms with E-state index < -0.39 is 0 Å². The quantitative estimate of drug-likeness (QED) is 0.595. The van der Waals surface area contributed by atoms with Crippen molar-refractivity contribution in [1.29, 1.82) is 0 Å². The molecule has 124 valence electrons. The van der Waals surface area contributed by atoms with Crippen molar-refractivity contribution in [1.82, 2.24) is 0 Å². The first kappa shape index (κ1) is 17.5. The lowest BCUT2D eigenvalue weighted by atomic mass is 10.3. The van der Waals surface area contributed by atoms with Gasteiger partial charge in [0.05, 0.1) is 21.4 Å². The average Bonchev–Trinajstić information content (AvgIpc) is 2.46. The standard InChI is InChI=1S/C16H12Cl2N2O2S2/c1-7(21)19-11-5-15-13(3-9(11)17)24-16-6-12(20-8(2)22)10(18)4-14(16)23-15/h3-6H,1-2H3,(H,19,21)(H,20,22). The molecule has 0 aliphatic carbocycles. The Morgan fingerprint density at radius 1 is 0.750 bits per heavy atom. The zero-order valence-electron chi connectivity index (χ0n) is 12.7. The summed E-state index contributed by atoms with van der Waals surface area (Å²) in [5, 5.41) is 6.41. The molecule has 0 radical (unpaired) electrons. The van der Waals surface area contributed by atoms with Crippen LogP contribution in [0.3, 0.4) is 0 Å². The lowest BCUT2D eigenvalue weighted by molar-refractivity contribution is -0.115. The second-order valence-electron chi connectivity index (χ2n) is 5.12. The van der Waals surface area contributed by atoms with Crippen molar-refractivity contribution in [2.45, 2.75) is 33.4 Å². The molecule has 1 aliphatic heterocycles. The monoisotopic (exact) mass is 398 g/mol. The molecular weight excluding hydrogens is 387 g/mol. The Kier molecular flexibility index (Phi) is 5.01. The van der Waals surface area contributed by atoms with E-state index in [1.54, 1.807) is 23.5 Å². The van der Waals surface area contributed by atoms with Gasteiger partial charge in [-0.2, -0.15) is 0 Å². The summed E-state index contributed by atoms with van der Waals surface area (Å²) >= 11 is 15.6. The number of carbonyl (C=O) groups is 2. The SMILES string of the molecule is CC(=O)Nc1cc2c(cc1Cl)Sc1cc(NC(C)=O)c(Cl)cc1S2. The molecule has 4 nitrogen and oxygen atoms in total. The van der Waals surface area contributed by atoms with Gasteiger partial charge in [0.15, 0.2) is 0 Å². The molecule has 0 fully saturated rings. The van der Waals surface area contributed by atoms with E-state index in [0.29, 0.717) is 21.4 Å². The van der Waals surface area contributed by atoms with Crippen LogP contribution in [0.5, 0.6) is 0 Å². The fourth-order valence-electron chi connectivity index (χ4n) is 2.20. The predicted octanol–water partition coefficient (Wildman–Crippen LogP) is 5.53. The van der Waals surface area contributed by atoms with Gasteiger partial charge in [-0.15, -0.1) is 0 Å². The van der Waals surface area contributed by atoms with Gasteiger partial charge in [0.2, 0.25) is 11.8 Å². The van der Waals surface area contributed by atoms with Gasteiger partial charge in [-0.05, 0) is 24.3 Å². The van der Waals surface area contributed by atoms with Gasteiger partial charge in [0.1, 0.15) is 0 Å². The molecule has 0 aromatic heterocycles. The maximum atomic E-state index is 11.3. The highest BCUT2D eigenvalue weighted by Crippen LogP contribution is 2.52. The molecule has 0 saturated heterocycles. The summed E-state index contributed by atoms with van der Waals surface area (Å²) in [6.45, 7) is 2.88. The number of nitrogens with one attached hydrogen (secondary N) is 2. The fourth-order valence-corrected chi connectivity index (χ4v) is 5.07. The van der Waals surface area contributed by atoms with Crippen molar-refractivity contribution in [3.05, 3.63) is 34.3 Å². The van der Waals surface area contributed by atoms with Crippen LogP contribution in [0.2, 0.25) is 10.0 Å². The van der Waals surface area contributed by atoms with E-state index in [2.05, 4.69) is 10.6 Å². The Morgan fingerprint density at radius 2 is 1.08 bits per heavy atom. The van der Waals surface area contributed by atoms with Gasteiger partial charge < -0.3 is 10.6 Å². The van der Waals surface area contributed by atoms with E-state index in [1.165, 1.54) is 13.8 Å². The Balaban J connectivity index is 1.98. The smallest absolute Gasteiger partial charge is 0.221 e. The van der Waals surface area contributed by atoms with Crippen molar-refractivity contribution >= 4 is 69.9 Å². The minimum atomic E-state index is -0.172. The summed E-state index contributed by atoms with van der Waals surface area (Å²) in [5.74, 6) is -0.345. The molecular formula is C16H12Cl2N2O2S2. The van der Waals surface area contributed by atoms with E-state index in [4.69, 9.17) is 23.2 Å². The lowest BCUT2D eigenvalue weighted by Crippen LogP contribution is -2.07. The topological polar surface area (TPSA) is 58.2 Å². The molecule has 1 aliphatic rings. The van der Waals surface area contributed by atoms with E-state index in [1.807, 2.05) is 24.3 Å². The van der Waals surface area contributed by atoms with Gasteiger partial charge >= 0.3 is 0 Å². The van der Waals surface area contributed by atoms with Crippen LogP contribution in [0.1, 0.15) is 13.8 Å². The minimum Gasteiger partial charge on any atom is -0.325 e. The second kappa shape index (κ2) is 6.88. The molecule has 24 heavy (non-hydrogen) atoms. The number of hydrogen-bond donors (Lipinski definition) is 2.